The van der Waals surface area contributed by atoms with Crippen LogP contribution in [-0.2, 0) is 0 Å². The van der Waals surface area contributed by atoms with Gasteiger partial charge in [-0.3, -0.25) is 9.78 Å². The first-order valence-corrected chi connectivity index (χ1v) is 5.96. The second-order valence-electron chi connectivity index (χ2n) is 3.83. The Kier molecular flexibility index (Phi) is 4.02. The van der Waals surface area contributed by atoms with Crippen molar-refractivity contribution in [1.82, 2.24) is 4.98 Å². The van der Waals surface area contributed by atoms with E-state index >= 15 is 0 Å². The normalized spacial score (nSPS) is 10.1. The SMILES string of the molecule is COc1cccc(Oc2cncc(Cl)c2)c1C(C)=O. The number of benzene rings is 1. The molecule has 19 heavy (non-hydrogen) atoms. The third-order valence-corrected chi connectivity index (χ3v) is 2.67. The lowest BCUT2D eigenvalue weighted by Crippen LogP contribution is -2.01. The summed E-state index contributed by atoms with van der Waals surface area (Å²) in [7, 11) is 1.51. The highest BCUT2D eigenvalue weighted by Gasteiger charge is 2.15. The first-order chi connectivity index (χ1) is 9.11. The fourth-order valence-corrected chi connectivity index (χ4v) is 1.85. The Morgan fingerprint density at radius 1 is 1.26 bits per heavy atom. The van der Waals surface area contributed by atoms with Crippen LogP contribution in [0.25, 0.3) is 0 Å². The predicted molar refractivity (Wildman–Crippen MR) is 72.3 cm³/mol. The molecule has 98 valence electrons. The molecule has 0 radical (unpaired) electrons. The van der Waals surface area contributed by atoms with Gasteiger partial charge in [-0.25, -0.2) is 0 Å². The zero-order valence-electron chi connectivity index (χ0n) is 10.5. The molecule has 1 aromatic heterocycles. The van der Waals surface area contributed by atoms with E-state index in [4.69, 9.17) is 21.1 Å². The molecule has 1 aromatic carbocycles. The molecule has 0 aliphatic carbocycles. The highest BCUT2D eigenvalue weighted by molar-refractivity contribution is 6.30. The van der Waals surface area contributed by atoms with Crippen LogP contribution in [0.2, 0.25) is 5.02 Å². The number of ether oxygens (including phenoxy) is 2. The number of carbonyl (C=O) groups is 1. The van der Waals surface area contributed by atoms with Crippen molar-refractivity contribution in [3.05, 3.63) is 47.2 Å². The van der Waals surface area contributed by atoms with E-state index in [1.54, 1.807) is 24.3 Å². The smallest absolute Gasteiger partial charge is 0.167 e. The maximum Gasteiger partial charge on any atom is 0.167 e. The highest BCUT2D eigenvalue weighted by atomic mass is 35.5. The molecule has 4 nitrogen and oxygen atoms in total. The predicted octanol–water partition coefficient (Wildman–Crippen LogP) is 3.74. The fraction of sp³-hybridized carbons (Fsp3) is 0.143. The Bertz CT molecular complexity index is 613. The number of hydrogen-bond donors (Lipinski definition) is 0. The van der Waals surface area contributed by atoms with Crippen molar-refractivity contribution < 1.29 is 14.3 Å². The number of methoxy groups -OCH3 is 1. The lowest BCUT2D eigenvalue weighted by molar-refractivity contribution is 0.101. The molecular weight excluding hydrogens is 266 g/mol. The van der Waals surface area contributed by atoms with Crippen molar-refractivity contribution >= 4 is 17.4 Å². The number of nitrogens with zero attached hydrogens (tertiary/aromatic N) is 1. The van der Waals surface area contributed by atoms with Crippen LogP contribution in [0.5, 0.6) is 17.2 Å². The number of aromatic nitrogens is 1. The number of Topliss-reactive ketones (excluding diaryl/α,β-unsaturated/α-hetero) is 1. The van der Waals surface area contributed by atoms with Gasteiger partial charge < -0.3 is 9.47 Å². The van der Waals surface area contributed by atoms with Crippen LogP contribution in [0.3, 0.4) is 0 Å². The third-order valence-electron chi connectivity index (χ3n) is 2.47. The molecule has 2 rings (SSSR count). The summed E-state index contributed by atoms with van der Waals surface area (Å²) < 4.78 is 10.8. The molecule has 5 heteroatoms. The minimum absolute atomic E-state index is 0.137. The molecule has 0 saturated heterocycles. The lowest BCUT2D eigenvalue weighted by atomic mass is 10.1. The molecule has 0 unspecified atom stereocenters. The third kappa shape index (κ3) is 3.03. The van der Waals surface area contributed by atoms with Crippen LogP contribution in [0, 0.1) is 0 Å². The first-order valence-electron chi connectivity index (χ1n) is 5.58. The number of pyridine rings is 1. The van der Waals surface area contributed by atoms with Gasteiger partial charge in [0.05, 0.1) is 18.3 Å². The van der Waals surface area contributed by atoms with E-state index in [1.165, 1.54) is 26.4 Å². The molecule has 0 N–H and O–H groups in total. The second-order valence-corrected chi connectivity index (χ2v) is 4.27. The lowest BCUT2D eigenvalue weighted by Gasteiger charge is -2.12. The van der Waals surface area contributed by atoms with E-state index < -0.39 is 0 Å². The van der Waals surface area contributed by atoms with Crippen molar-refractivity contribution in [1.29, 1.82) is 0 Å². The first kappa shape index (κ1) is 13.4. The number of halogens is 1. The molecule has 0 aliphatic heterocycles. The summed E-state index contributed by atoms with van der Waals surface area (Å²) in [5, 5.41) is 0.463. The fourth-order valence-electron chi connectivity index (χ4n) is 1.69. The Hall–Kier alpha value is -2.07. The van der Waals surface area contributed by atoms with Gasteiger partial charge in [0.25, 0.3) is 0 Å². The number of hydrogen-bond acceptors (Lipinski definition) is 4. The minimum atomic E-state index is -0.137. The van der Waals surface area contributed by atoms with Gasteiger partial charge in [0.15, 0.2) is 5.78 Å². The largest absolute Gasteiger partial charge is 0.496 e. The summed E-state index contributed by atoms with van der Waals surface area (Å²) in [5.41, 5.74) is 0.393. The van der Waals surface area contributed by atoms with E-state index in [0.29, 0.717) is 27.8 Å². The molecular formula is C14H12ClNO3. The summed E-state index contributed by atoms with van der Waals surface area (Å²) in [6.07, 6.45) is 3.03. The average molecular weight is 278 g/mol. The van der Waals surface area contributed by atoms with Gasteiger partial charge in [-0.1, -0.05) is 17.7 Å². The molecule has 0 fully saturated rings. The zero-order valence-corrected chi connectivity index (χ0v) is 11.3. The standard InChI is InChI=1S/C14H12ClNO3/c1-9(17)14-12(18-2)4-3-5-13(14)19-11-6-10(15)7-16-8-11/h3-8H,1-2H3. The van der Waals surface area contributed by atoms with E-state index in [0.717, 1.165) is 0 Å². The monoisotopic (exact) mass is 277 g/mol. The summed E-state index contributed by atoms with van der Waals surface area (Å²) in [4.78, 5) is 15.6. The minimum Gasteiger partial charge on any atom is -0.496 e. The maximum absolute atomic E-state index is 11.7. The van der Waals surface area contributed by atoms with Crippen molar-refractivity contribution in [2.45, 2.75) is 6.92 Å². The summed E-state index contributed by atoms with van der Waals surface area (Å²) in [6, 6.07) is 6.77. The number of ketones is 1. The Morgan fingerprint density at radius 2 is 2.00 bits per heavy atom. The molecule has 0 spiro atoms. The molecule has 0 atom stereocenters. The van der Waals surface area contributed by atoms with E-state index in [1.807, 2.05) is 0 Å². The Morgan fingerprint density at radius 3 is 2.63 bits per heavy atom. The van der Waals surface area contributed by atoms with Crippen LogP contribution in [0.15, 0.2) is 36.7 Å². The molecule has 0 aliphatic rings. The number of rotatable bonds is 4. The van der Waals surface area contributed by atoms with Gasteiger partial charge in [0.2, 0.25) is 0 Å². The molecule has 1 heterocycles. The highest BCUT2D eigenvalue weighted by Crippen LogP contribution is 2.32. The Labute approximate surface area is 115 Å². The van der Waals surface area contributed by atoms with Crippen molar-refractivity contribution in [3.8, 4) is 17.2 Å². The topological polar surface area (TPSA) is 48.4 Å². The quantitative estimate of drug-likeness (QED) is 0.799. The van der Waals surface area contributed by atoms with Gasteiger partial charge >= 0.3 is 0 Å². The van der Waals surface area contributed by atoms with Gasteiger partial charge in [-0.05, 0) is 19.1 Å². The van der Waals surface area contributed by atoms with Gasteiger partial charge in [0.1, 0.15) is 22.8 Å². The summed E-state index contributed by atoms with van der Waals surface area (Å²) >= 11 is 5.84. The van der Waals surface area contributed by atoms with E-state index in [-0.39, 0.29) is 5.78 Å². The van der Waals surface area contributed by atoms with Crippen LogP contribution in [0.4, 0.5) is 0 Å². The van der Waals surface area contributed by atoms with Crippen molar-refractivity contribution in [2.24, 2.45) is 0 Å². The maximum atomic E-state index is 11.7. The van der Waals surface area contributed by atoms with Gasteiger partial charge in [0, 0.05) is 12.3 Å². The second kappa shape index (κ2) is 5.71. The summed E-state index contributed by atoms with van der Waals surface area (Å²) in [6.45, 7) is 1.46. The van der Waals surface area contributed by atoms with E-state index in [2.05, 4.69) is 4.98 Å². The Balaban J connectivity index is 2.42. The van der Waals surface area contributed by atoms with Crippen LogP contribution < -0.4 is 9.47 Å². The zero-order chi connectivity index (χ0) is 13.8. The van der Waals surface area contributed by atoms with Gasteiger partial charge in [-0.15, -0.1) is 0 Å². The average Bonchev–Trinajstić information content (AvgIpc) is 2.38. The molecule has 0 bridgehead atoms. The summed E-state index contributed by atoms with van der Waals surface area (Å²) in [5.74, 6) is 1.21. The van der Waals surface area contributed by atoms with Crippen LogP contribution >= 0.6 is 11.6 Å². The van der Waals surface area contributed by atoms with E-state index in [9.17, 15) is 4.79 Å². The molecule has 2 aromatic rings. The van der Waals surface area contributed by atoms with Gasteiger partial charge in [-0.2, -0.15) is 0 Å². The number of carbonyl (C=O) groups excluding carboxylic acids is 1. The van der Waals surface area contributed by atoms with Crippen molar-refractivity contribution in [3.63, 3.8) is 0 Å². The molecule has 0 saturated carbocycles. The molecule has 0 amide bonds. The van der Waals surface area contributed by atoms with Crippen molar-refractivity contribution in [2.75, 3.05) is 7.11 Å². The van der Waals surface area contributed by atoms with Crippen LogP contribution in [0.1, 0.15) is 17.3 Å². The van der Waals surface area contributed by atoms with Crippen LogP contribution in [-0.4, -0.2) is 17.9 Å².